The maximum absolute atomic E-state index is 9.84. The highest BCUT2D eigenvalue weighted by atomic mass is 35.5. The largest absolute Gasteiger partial charge is 0.489 e. The van der Waals surface area contributed by atoms with E-state index in [9.17, 15) is 5.11 Å². The molecule has 0 aliphatic carbocycles. The molecular weight excluding hydrogens is 294 g/mol. The van der Waals surface area contributed by atoms with Gasteiger partial charge in [0, 0.05) is 11.6 Å². The van der Waals surface area contributed by atoms with E-state index < -0.39 is 6.10 Å². The van der Waals surface area contributed by atoms with Crippen LogP contribution in [0.5, 0.6) is 5.75 Å². The van der Waals surface area contributed by atoms with Crippen molar-refractivity contribution in [3.63, 3.8) is 0 Å². The van der Waals surface area contributed by atoms with E-state index in [4.69, 9.17) is 31.1 Å². The first kappa shape index (κ1) is 16.1. The van der Waals surface area contributed by atoms with Crippen molar-refractivity contribution in [2.24, 2.45) is 0 Å². The van der Waals surface area contributed by atoms with Crippen molar-refractivity contribution in [1.29, 1.82) is 5.26 Å². The molecule has 1 aliphatic rings. The highest BCUT2D eigenvalue weighted by molar-refractivity contribution is 6.30. The third-order valence-corrected chi connectivity index (χ3v) is 3.34. The topological polar surface area (TPSA) is 71.7 Å². The standard InChI is InChI=1S/C15H18ClNO4/c16-12-4-5-14(11(7-12)8-17)20-9-13(18)10-21-15-3-1-2-6-19-15/h4-5,7,13,15,18H,1-3,6,9-10H2/t13-,15?/m0/s1. The molecule has 2 atom stereocenters. The number of hydrogen-bond donors (Lipinski definition) is 1. The second kappa shape index (κ2) is 8.20. The van der Waals surface area contributed by atoms with Gasteiger partial charge >= 0.3 is 0 Å². The molecule has 1 N–H and O–H groups in total. The lowest BCUT2D eigenvalue weighted by Crippen LogP contribution is -2.30. The lowest BCUT2D eigenvalue weighted by atomic mass is 10.2. The van der Waals surface area contributed by atoms with Crippen LogP contribution in [-0.4, -0.2) is 37.3 Å². The van der Waals surface area contributed by atoms with Gasteiger partial charge in [-0.25, -0.2) is 0 Å². The Hall–Kier alpha value is -1.32. The van der Waals surface area contributed by atoms with E-state index >= 15 is 0 Å². The monoisotopic (exact) mass is 311 g/mol. The first-order chi connectivity index (χ1) is 10.2. The molecule has 114 valence electrons. The molecule has 1 aromatic rings. The lowest BCUT2D eigenvalue weighted by Gasteiger charge is -2.24. The third kappa shape index (κ3) is 5.18. The SMILES string of the molecule is N#Cc1cc(Cl)ccc1OC[C@H](O)COC1CCCCO1. The Morgan fingerprint density at radius 1 is 1.43 bits per heavy atom. The zero-order chi connectivity index (χ0) is 15.1. The molecule has 6 heteroatoms. The number of hydrogen-bond acceptors (Lipinski definition) is 5. The van der Waals surface area contributed by atoms with Crippen LogP contribution in [0.3, 0.4) is 0 Å². The summed E-state index contributed by atoms with van der Waals surface area (Å²) in [5.74, 6) is 0.398. The molecule has 1 unspecified atom stereocenters. The van der Waals surface area contributed by atoms with Crippen molar-refractivity contribution < 1.29 is 19.3 Å². The molecule has 1 aliphatic heterocycles. The summed E-state index contributed by atoms with van der Waals surface area (Å²) < 4.78 is 16.3. The van der Waals surface area contributed by atoms with Crippen LogP contribution in [0.4, 0.5) is 0 Å². The number of nitrogens with zero attached hydrogens (tertiary/aromatic N) is 1. The quantitative estimate of drug-likeness (QED) is 0.874. The van der Waals surface area contributed by atoms with Crippen LogP contribution in [0.15, 0.2) is 18.2 Å². The van der Waals surface area contributed by atoms with Crippen LogP contribution < -0.4 is 4.74 Å². The number of halogens is 1. The van der Waals surface area contributed by atoms with Crippen molar-refractivity contribution in [2.75, 3.05) is 19.8 Å². The summed E-state index contributed by atoms with van der Waals surface area (Å²) in [5, 5.41) is 19.3. The van der Waals surface area contributed by atoms with Gasteiger partial charge in [0.2, 0.25) is 0 Å². The Bertz CT molecular complexity index is 497. The fourth-order valence-corrected chi connectivity index (χ4v) is 2.18. The number of aliphatic hydroxyl groups is 1. The Balaban J connectivity index is 1.76. The van der Waals surface area contributed by atoms with E-state index in [0.29, 0.717) is 22.9 Å². The fraction of sp³-hybridized carbons (Fsp3) is 0.533. The molecule has 21 heavy (non-hydrogen) atoms. The van der Waals surface area contributed by atoms with Gasteiger partial charge in [0.1, 0.15) is 24.5 Å². The summed E-state index contributed by atoms with van der Waals surface area (Å²) >= 11 is 5.80. The van der Waals surface area contributed by atoms with E-state index in [0.717, 1.165) is 19.3 Å². The van der Waals surface area contributed by atoms with E-state index in [-0.39, 0.29) is 19.5 Å². The van der Waals surface area contributed by atoms with E-state index in [1.165, 1.54) is 6.07 Å². The van der Waals surface area contributed by atoms with Gasteiger partial charge in [0.25, 0.3) is 0 Å². The molecule has 0 spiro atoms. The molecule has 1 heterocycles. The predicted molar refractivity (Wildman–Crippen MR) is 77.2 cm³/mol. The summed E-state index contributed by atoms with van der Waals surface area (Å²) in [6.45, 7) is 0.886. The Kier molecular flexibility index (Phi) is 6.27. The minimum absolute atomic E-state index is 0.0447. The summed E-state index contributed by atoms with van der Waals surface area (Å²) in [7, 11) is 0. The Morgan fingerprint density at radius 2 is 2.29 bits per heavy atom. The zero-order valence-electron chi connectivity index (χ0n) is 11.6. The highest BCUT2D eigenvalue weighted by Crippen LogP contribution is 2.22. The van der Waals surface area contributed by atoms with Gasteiger partial charge < -0.3 is 19.3 Å². The number of aliphatic hydroxyl groups excluding tert-OH is 1. The summed E-state index contributed by atoms with van der Waals surface area (Å²) in [6.07, 6.45) is 1.96. The van der Waals surface area contributed by atoms with Crippen LogP contribution in [-0.2, 0) is 9.47 Å². The van der Waals surface area contributed by atoms with Crippen molar-refractivity contribution >= 4 is 11.6 Å². The highest BCUT2D eigenvalue weighted by Gasteiger charge is 2.16. The Labute approximate surface area is 129 Å². The maximum atomic E-state index is 9.84. The van der Waals surface area contributed by atoms with E-state index in [1.807, 2.05) is 6.07 Å². The molecule has 0 bridgehead atoms. The molecular formula is C15H18ClNO4. The van der Waals surface area contributed by atoms with Gasteiger partial charge in [-0.15, -0.1) is 0 Å². The van der Waals surface area contributed by atoms with Crippen LogP contribution in [0.1, 0.15) is 24.8 Å². The first-order valence-electron chi connectivity index (χ1n) is 6.93. The van der Waals surface area contributed by atoms with E-state index in [2.05, 4.69) is 0 Å². The number of benzene rings is 1. The van der Waals surface area contributed by atoms with Crippen molar-refractivity contribution in [3.8, 4) is 11.8 Å². The number of nitriles is 1. The van der Waals surface area contributed by atoms with Crippen molar-refractivity contribution in [3.05, 3.63) is 28.8 Å². The van der Waals surface area contributed by atoms with Gasteiger partial charge in [-0.05, 0) is 37.5 Å². The van der Waals surface area contributed by atoms with Crippen LogP contribution in [0.2, 0.25) is 5.02 Å². The molecule has 0 amide bonds. The van der Waals surface area contributed by atoms with Crippen molar-refractivity contribution in [2.45, 2.75) is 31.7 Å². The molecule has 1 fully saturated rings. The average molecular weight is 312 g/mol. The molecule has 0 aromatic heterocycles. The van der Waals surface area contributed by atoms with Gasteiger partial charge in [0.05, 0.1) is 12.2 Å². The van der Waals surface area contributed by atoms with Gasteiger partial charge in [0.15, 0.2) is 6.29 Å². The summed E-state index contributed by atoms with van der Waals surface area (Å²) in [6, 6.07) is 6.77. The van der Waals surface area contributed by atoms with Gasteiger partial charge in [-0.3, -0.25) is 0 Å². The molecule has 5 nitrogen and oxygen atoms in total. The van der Waals surface area contributed by atoms with Gasteiger partial charge in [-0.2, -0.15) is 5.26 Å². The molecule has 1 aromatic carbocycles. The predicted octanol–water partition coefficient (Wildman–Crippen LogP) is 2.49. The minimum atomic E-state index is -0.780. The maximum Gasteiger partial charge on any atom is 0.157 e. The Morgan fingerprint density at radius 3 is 3.00 bits per heavy atom. The van der Waals surface area contributed by atoms with Gasteiger partial charge in [-0.1, -0.05) is 11.6 Å². The average Bonchev–Trinajstić information content (AvgIpc) is 2.52. The first-order valence-corrected chi connectivity index (χ1v) is 7.30. The number of rotatable bonds is 6. The van der Waals surface area contributed by atoms with Crippen LogP contribution >= 0.6 is 11.6 Å². The second-order valence-corrected chi connectivity index (χ2v) is 5.28. The van der Waals surface area contributed by atoms with E-state index in [1.54, 1.807) is 12.1 Å². The molecule has 2 rings (SSSR count). The third-order valence-electron chi connectivity index (χ3n) is 3.11. The smallest absolute Gasteiger partial charge is 0.157 e. The second-order valence-electron chi connectivity index (χ2n) is 4.85. The summed E-state index contributed by atoms with van der Waals surface area (Å²) in [5.41, 5.74) is 0.339. The normalized spacial score (nSPS) is 19.8. The molecule has 0 radical (unpaired) electrons. The number of ether oxygens (including phenoxy) is 3. The van der Waals surface area contributed by atoms with Crippen molar-refractivity contribution in [1.82, 2.24) is 0 Å². The lowest BCUT2D eigenvalue weighted by molar-refractivity contribution is -0.177. The fourth-order valence-electron chi connectivity index (χ4n) is 2.01. The zero-order valence-corrected chi connectivity index (χ0v) is 12.4. The molecule has 1 saturated heterocycles. The van der Waals surface area contributed by atoms with Crippen LogP contribution in [0, 0.1) is 11.3 Å². The van der Waals surface area contributed by atoms with Crippen LogP contribution in [0.25, 0.3) is 0 Å². The summed E-state index contributed by atoms with van der Waals surface area (Å²) in [4.78, 5) is 0. The minimum Gasteiger partial charge on any atom is -0.489 e. The molecule has 0 saturated carbocycles.